The van der Waals surface area contributed by atoms with E-state index in [1.807, 2.05) is 31.2 Å². The molecule has 1 heterocycles. The van der Waals surface area contributed by atoms with Crippen molar-refractivity contribution in [1.29, 1.82) is 0 Å². The van der Waals surface area contributed by atoms with E-state index in [-0.39, 0.29) is 17.0 Å². The zero-order valence-electron chi connectivity index (χ0n) is 20.2. The van der Waals surface area contributed by atoms with Crippen molar-refractivity contribution in [2.75, 3.05) is 26.2 Å². The number of benzene rings is 2. The summed E-state index contributed by atoms with van der Waals surface area (Å²) in [5, 5.41) is 4.65. The number of hydrogen-bond acceptors (Lipinski definition) is 4. The van der Waals surface area contributed by atoms with Crippen LogP contribution in [0.2, 0.25) is 10.0 Å². The van der Waals surface area contributed by atoms with E-state index in [9.17, 15) is 8.42 Å². The molecule has 186 valence electrons. The first kappa shape index (κ1) is 25.9. The number of halogens is 2. The van der Waals surface area contributed by atoms with Gasteiger partial charge < -0.3 is 5.32 Å². The van der Waals surface area contributed by atoms with Crippen molar-refractivity contribution < 1.29 is 8.42 Å². The molecule has 2 aromatic carbocycles. The van der Waals surface area contributed by atoms with Crippen LogP contribution in [0.3, 0.4) is 0 Å². The van der Waals surface area contributed by atoms with E-state index in [4.69, 9.17) is 23.2 Å². The molecule has 2 N–H and O–H groups in total. The first-order chi connectivity index (χ1) is 16.1. The fraction of sp³-hybridized carbons (Fsp3) is 0.538. The van der Waals surface area contributed by atoms with Crippen LogP contribution in [0.15, 0.2) is 47.4 Å². The van der Waals surface area contributed by atoms with Crippen LogP contribution in [0.4, 0.5) is 0 Å². The summed E-state index contributed by atoms with van der Waals surface area (Å²) in [5.41, 5.74) is 1.69. The Morgan fingerprint density at radius 1 is 1.06 bits per heavy atom. The predicted octanol–water partition coefficient (Wildman–Crippen LogP) is 5.35. The Morgan fingerprint density at radius 3 is 2.29 bits per heavy atom. The van der Waals surface area contributed by atoms with Crippen molar-refractivity contribution in [1.82, 2.24) is 14.9 Å². The van der Waals surface area contributed by atoms with E-state index in [1.165, 1.54) is 0 Å². The van der Waals surface area contributed by atoms with Crippen molar-refractivity contribution in [2.24, 2.45) is 5.41 Å². The Kier molecular flexibility index (Phi) is 7.68. The van der Waals surface area contributed by atoms with Crippen molar-refractivity contribution in [3.63, 3.8) is 0 Å². The lowest BCUT2D eigenvalue weighted by Crippen LogP contribution is -2.61. The summed E-state index contributed by atoms with van der Waals surface area (Å²) >= 11 is 13.3. The fourth-order valence-corrected chi connectivity index (χ4v) is 7.52. The number of rotatable bonds is 6. The first-order valence-electron chi connectivity index (χ1n) is 12.1. The molecule has 1 saturated heterocycles. The van der Waals surface area contributed by atoms with Crippen LogP contribution in [0.1, 0.15) is 50.7 Å². The Hall–Kier alpha value is -1.15. The van der Waals surface area contributed by atoms with E-state index in [1.54, 1.807) is 12.1 Å². The minimum Gasteiger partial charge on any atom is -0.314 e. The lowest BCUT2D eigenvalue weighted by atomic mass is 9.59. The standard InChI is InChI=1S/C26H35Cl2N3O2S/c1-19-7-9-21(10-8-19)34(32,33)30-20-11-13-25(2,14-12-20)26(3,31-17-15-29-16-18-31)22-5-4-6-23(27)24(22)28/h4-10,20,29-30H,11-18H2,1-3H3. The van der Waals surface area contributed by atoms with E-state index < -0.39 is 10.0 Å². The number of sulfonamides is 1. The lowest BCUT2D eigenvalue weighted by molar-refractivity contribution is -0.0503. The van der Waals surface area contributed by atoms with Crippen LogP contribution in [-0.2, 0) is 15.6 Å². The number of piperazine rings is 1. The molecule has 0 bridgehead atoms. The Bertz CT molecular complexity index is 1110. The Balaban J connectivity index is 1.58. The largest absolute Gasteiger partial charge is 0.314 e. The Morgan fingerprint density at radius 2 is 1.68 bits per heavy atom. The number of nitrogens with zero attached hydrogens (tertiary/aromatic N) is 1. The van der Waals surface area contributed by atoms with Gasteiger partial charge in [-0.1, -0.05) is 60.0 Å². The van der Waals surface area contributed by atoms with Gasteiger partial charge in [0.25, 0.3) is 0 Å². The zero-order chi connectivity index (χ0) is 24.6. The van der Waals surface area contributed by atoms with Gasteiger partial charge in [-0.05, 0) is 68.7 Å². The average Bonchev–Trinajstić information content (AvgIpc) is 2.82. The number of hydrogen-bond donors (Lipinski definition) is 2. The fourth-order valence-electron chi connectivity index (χ4n) is 5.73. The lowest BCUT2D eigenvalue weighted by Gasteiger charge is -2.57. The smallest absolute Gasteiger partial charge is 0.240 e. The molecule has 34 heavy (non-hydrogen) atoms. The molecule has 2 aliphatic rings. The van der Waals surface area contributed by atoms with Crippen molar-refractivity contribution in [3.8, 4) is 0 Å². The molecule has 1 aliphatic carbocycles. The van der Waals surface area contributed by atoms with Crippen LogP contribution in [0, 0.1) is 12.3 Å². The molecule has 1 saturated carbocycles. The maximum Gasteiger partial charge on any atom is 0.240 e. The van der Waals surface area contributed by atoms with Gasteiger partial charge in [-0.3, -0.25) is 4.90 Å². The van der Waals surface area contributed by atoms with Gasteiger partial charge in [0.15, 0.2) is 0 Å². The normalized spacial score (nSPS) is 26.2. The molecule has 0 radical (unpaired) electrons. The maximum atomic E-state index is 13.0. The van der Waals surface area contributed by atoms with Gasteiger partial charge in [0.1, 0.15) is 0 Å². The summed E-state index contributed by atoms with van der Waals surface area (Å²) in [6.07, 6.45) is 3.33. The molecule has 2 aromatic rings. The second kappa shape index (κ2) is 10.1. The minimum atomic E-state index is -3.54. The maximum absolute atomic E-state index is 13.0. The van der Waals surface area contributed by atoms with Crippen LogP contribution >= 0.6 is 23.2 Å². The summed E-state index contributed by atoms with van der Waals surface area (Å²) in [6.45, 7) is 10.3. The van der Waals surface area contributed by atoms with Crippen LogP contribution in [0.5, 0.6) is 0 Å². The average molecular weight is 525 g/mol. The second-order valence-corrected chi connectivity index (χ2v) is 12.7. The highest BCUT2D eigenvalue weighted by molar-refractivity contribution is 7.89. The second-order valence-electron chi connectivity index (χ2n) is 10.2. The third-order valence-electron chi connectivity index (χ3n) is 8.14. The SMILES string of the molecule is Cc1ccc(S(=O)(=O)NC2CCC(C)(C(C)(c3cccc(Cl)c3Cl)N3CCNCC3)CC2)cc1. The highest BCUT2D eigenvalue weighted by atomic mass is 35.5. The summed E-state index contributed by atoms with van der Waals surface area (Å²) in [6, 6.07) is 12.9. The van der Waals surface area contributed by atoms with Crippen molar-refractivity contribution in [2.45, 2.75) is 62.9 Å². The molecule has 1 unspecified atom stereocenters. The third-order valence-corrected chi connectivity index (χ3v) is 10.5. The highest BCUT2D eigenvalue weighted by Crippen LogP contribution is 2.55. The number of nitrogens with one attached hydrogen (secondary N) is 2. The van der Waals surface area contributed by atoms with Gasteiger partial charge >= 0.3 is 0 Å². The van der Waals surface area contributed by atoms with Gasteiger partial charge in [-0.15, -0.1) is 0 Å². The molecular weight excluding hydrogens is 489 g/mol. The quantitative estimate of drug-likeness (QED) is 0.535. The van der Waals surface area contributed by atoms with Crippen LogP contribution < -0.4 is 10.0 Å². The molecular formula is C26H35Cl2N3O2S. The first-order valence-corrected chi connectivity index (χ1v) is 14.3. The molecule has 0 aromatic heterocycles. The van der Waals surface area contributed by atoms with Gasteiger partial charge in [0.05, 0.1) is 20.5 Å². The third kappa shape index (κ3) is 4.91. The number of aryl methyl sites for hydroxylation is 1. The molecule has 0 amide bonds. The molecule has 5 nitrogen and oxygen atoms in total. The molecule has 2 fully saturated rings. The van der Waals surface area contributed by atoms with E-state index in [0.717, 1.165) is 63.0 Å². The Labute approximate surface area is 214 Å². The zero-order valence-corrected chi connectivity index (χ0v) is 22.5. The minimum absolute atomic E-state index is 0.0820. The summed E-state index contributed by atoms with van der Waals surface area (Å²) in [7, 11) is -3.54. The monoisotopic (exact) mass is 523 g/mol. The molecule has 8 heteroatoms. The van der Waals surface area contributed by atoms with E-state index in [2.05, 4.69) is 34.9 Å². The molecule has 1 atom stereocenters. The van der Waals surface area contributed by atoms with E-state index >= 15 is 0 Å². The molecule has 0 spiro atoms. The van der Waals surface area contributed by atoms with Gasteiger partial charge in [-0.2, -0.15) is 0 Å². The summed E-state index contributed by atoms with van der Waals surface area (Å²) in [5.74, 6) is 0. The van der Waals surface area contributed by atoms with Crippen LogP contribution in [0.25, 0.3) is 0 Å². The molecule has 4 rings (SSSR count). The predicted molar refractivity (Wildman–Crippen MR) is 140 cm³/mol. The van der Waals surface area contributed by atoms with Gasteiger partial charge in [0.2, 0.25) is 10.0 Å². The molecule has 1 aliphatic heterocycles. The van der Waals surface area contributed by atoms with Gasteiger partial charge in [0, 0.05) is 32.2 Å². The summed E-state index contributed by atoms with van der Waals surface area (Å²) < 4.78 is 28.9. The topological polar surface area (TPSA) is 61.4 Å². The highest BCUT2D eigenvalue weighted by Gasteiger charge is 2.52. The van der Waals surface area contributed by atoms with Crippen LogP contribution in [-0.4, -0.2) is 45.5 Å². The summed E-state index contributed by atoms with van der Waals surface area (Å²) in [4.78, 5) is 2.86. The van der Waals surface area contributed by atoms with Gasteiger partial charge in [-0.25, -0.2) is 13.1 Å². The van der Waals surface area contributed by atoms with E-state index in [0.29, 0.717) is 14.9 Å². The van der Waals surface area contributed by atoms with Crippen molar-refractivity contribution in [3.05, 3.63) is 63.6 Å². The van der Waals surface area contributed by atoms with Crippen molar-refractivity contribution >= 4 is 33.2 Å².